The Balaban J connectivity index is 1.50. The van der Waals surface area contributed by atoms with Gasteiger partial charge < -0.3 is 9.73 Å². The summed E-state index contributed by atoms with van der Waals surface area (Å²) in [6.45, 7) is 1.46. The number of rotatable bonds is 6. The van der Waals surface area contributed by atoms with Crippen molar-refractivity contribution in [2.24, 2.45) is 0 Å². The van der Waals surface area contributed by atoms with Crippen LogP contribution >= 0.6 is 11.6 Å². The van der Waals surface area contributed by atoms with Crippen LogP contribution in [0.3, 0.4) is 0 Å². The zero-order valence-corrected chi connectivity index (χ0v) is 13.3. The third-order valence-electron chi connectivity index (χ3n) is 3.57. The maximum absolute atomic E-state index is 12.8. The first-order valence-electron chi connectivity index (χ1n) is 7.50. The highest BCUT2D eigenvalue weighted by atomic mass is 35.5. The fraction of sp³-hybridized carbons (Fsp3) is 0.158. The Morgan fingerprint density at radius 2 is 1.83 bits per heavy atom. The molecular weight excluding hydrogens is 313 g/mol. The molecule has 0 unspecified atom stereocenters. The fourth-order valence-corrected chi connectivity index (χ4v) is 2.56. The minimum Gasteiger partial charge on any atom is -0.460 e. The van der Waals surface area contributed by atoms with Gasteiger partial charge in [0.25, 0.3) is 0 Å². The lowest BCUT2D eigenvalue weighted by atomic mass is 10.1. The molecule has 0 aliphatic carbocycles. The highest BCUT2D eigenvalue weighted by Gasteiger charge is 2.05. The van der Waals surface area contributed by atoms with Gasteiger partial charge in [0.2, 0.25) is 0 Å². The molecule has 0 radical (unpaired) electrons. The number of furan rings is 1. The second kappa shape index (κ2) is 7.44. The van der Waals surface area contributed by atoms with E-state index in [1.807, 2.05) is 36.4 Å². The third kappa shape index (κ3) is 4.44. The quantitative estimate of drug-likeness (QED) is 0.639. The predicted molar refractivity (Wildman–Crippen MR) is 91.0 cm³/mol. The summed E-state index contributed by atoms with van der Waals surface area (Å²) >= 11 is 5.99. The van der Waals surface area contributed by atoms with E-state index >= 15 is 0 Å². The van der Waals surface area contributed by atoms with Gasteiger partial charge >= 0.3 is 0 Å². The van der Waals surface area contributed by atoms with Crippen LogP contribution in [0.2, 0.25) is 5.02 Å². The maximum atomic E-state index is 12.8. The summed E-state index contributed by atoms with van der Waals surface area (Å²) in [4.78, 5) is 0. The minimum atomic E-state index is -0.203. The molecular formula is C19H17ClFNO. The van der Waals surface area contributed by atoms with Crippen molar-refractivity contribution in [1.29, 1.82) is 0 Å². The molecule has 1 N–H and O–H groups in total. The summed E-state index contributed by atoms with van der Waals surface area (Å²) < 4.78 is 18.6. The smallest absolute Gasteiger partial charge is 0.134 e. The molecule has 0 saturated carbocycles. The molecule has 0 aliphatic rings. The molecule has 0 fully saturated rings. The lowest BCUT2D eigenvalue weighted by molar-refractivity contribution is 0.494. The molecule has 2 nitrogen and oxygen atoms in total. The van der Waals surface area contributed by atoms with Crippen LogP contribution < -0.4 is 5.32 Å². The van der Waals surface area contributed by atoms with Gasteiger partial charge in [0, 0.05) is 10.6 Å². The first-order chi connectivity index (χ1) is 11.2. The molecule has 3 rings (SSSR count). The lowest BCUT2D eigenvalue weighted by Gasteiger charge is -2.03. The average molecular weight is 330 g/mol. The topological polar surface area (TPSA) is 25.2 Å². The molecule has 2 aromatic carbocycles. The Hall–Kier alpha value is -2.10. The van der Waals surface area contributed by atoms with E-state index in [-0.39, 0.29) is 5.82 Å². The number of nitrogens with one attached hydrogen (secondary N) is 1. The van der Waals surface area contributed by atoms with Gasteiger partial charge in [0.05, 0.1) is 6.54 Å². The number of hydrogen-bond donors (Lipinski definition) is 1. The molecule has 0 amide bonds. The molecule has 0 bridgehead atoms. The van der Waals surface area contributed by atoms with Crippen molar-refractivity contribution in [3.8, 4) is 11.3 Å². The summed E-state index contributed by atoms with van der Waals surface area (Å²) in [5, 5.41) is 4.02. The van der Waals surface area contributed by atoms with Gasteiger partial charge in [0.1, 0.15) is 17.3 Å². The molecule has 1 aromatic heterocycles. The zero-order chi connectivity index (χ0) is 16.1. The Kier molecular flexibility index (Phi) is 5.11. The van der Waals surface area contributed by atoms with E-state index in [2.05, 4.69) is 5.32 Å². The van der Waals surface area contributed by atoms with Crippen molar-refractivity contribution in [3.63, 3.8) is 0 Å². The van der Waals surface area contributed by atoms with Gasteiger partial charge in [-0.15, -0.1) is 0 Å². The Morgan fingerprint density at radius 3 is 2.61 bits per heavy atom. The highest BCUT2D eigenvalue weighted by molar-refractivity contribution is 6.30. The molecule has 0 aliphatic heterocycles. The van der Waals surface area contributed by atoms with Crippen LogP contribution in [0.25, 0.3) is 11.3 Å². The van der Waals surface area contributed by atoms with Crippen molar-refractivity contribution in [2.75, 3.05) is 6.54 Å². The van der Waals surface area contributed by atoms with Crippen molar-refractivity contribution < 1.29 is 8.81 Å². The van der Waals surface area contributed by atoms with E-state index in [9.17, 15) is 4.39 Å². The van der Waals surface area contributed by atoms with Gasteiger partial charge in [-0.2, -0.15) is 0 Å². The van der Waals surface area contributed by atoms with Gasteiger partial charge in [-0.1, -0.05) is 35.9 Å². The van der Waals surface area contributed by atoms with Crippen LogP contribution in [0.5, 0.6) is 0 Å². The molecule has 0 atom stereocenters. The fourth-order valence-electron chi connectivity index (χ4n) is 2.37. The summed E-state index contributed by atoms with van der Waals surface area (Å²) in [6, 6.07) is 18.1. The van der Waals surface area contributed by atoms with Crippen LogP contribution in [0, 0.1) is 5.82 Å². The predicted octanol–water partition coefficient (Wildman–Crippen LogP) is 5.07. The summed E-state index contributed by atoms with van der Waals surface area (Å²) in [5.74, 6) is 1.48. The molecule has 0 spiro atoms. The Bertz CT molecular complexity index is 767. The van der Waals surface area contributed by atoms with E-state index in [4.69, 9.17) is 16.0 Å². The van der Waals surface area contributed by atoms with E-state index in [0.29, 0.717) is 11.6 Å². The molecule has 0 saturated heterocycles. The number of hydrogen-bond acceptors (Lipinski definition) is 2. The Morgan fingerprint density at radius 1 is 1.00 bits per heavy atom. The second-order valence-corrected chi connectivity index (χ2v) is 5.77. The SMILES string of the molecule is Fc1ccc(CCNCc2ccc(-c3cccc(Cl)c3)o2)cc1. The van der Waals surface area contributed by atoms with Crippen LogP contribution in [0.4, 0.5) is 4.39 Å². The average Bonchev–Trinajstić information content (AvgIpc) is 3.02. The monoisotopic (exact) mass is 329 g/mol. The Labute approximate surface area is 139 Å². The summed E-state index contributed by atoms with van der Waals surface area (Å²) in [6.07, 6.45) is 0.849. The lowest BCUT2D eigenvalue weighted by Crippen LogP contribution is -2.16. The van der Waals surface area contributed by atoms with E-state index in [1.54, 1.807) is 12.1 Å². The minimum absolute atomic E-state index is 0.203. The third-order valence-corrected chi connectivity index (χ3v) is 3.81. The van der Waals surface area contributed by atoms with Gasteiger partial charge in [-0.05, 0) is 54.9 Å². The zero-order valence-electron chi connectivity index (χ0n) is 12.6. The first-order valence-corrected chi connectivity index (χ1v) is 7.88. The van der Waals surface area contributed by atoms with Crippen LogP contribution in [-0.2, 0) is 13.0 Å². The first kappa shape index (κ1) is 15.8. The highest BCUT2D eigenvalue weighted by Crippen LogP contribution is 2.24. The molecule has 3 aromatic rings. The van der Waals surface area contributed by atoms with Crippen LogP contribution in [-0.4, -0.2) is 6.54 Å². The largest absolute Gasteiger partial charge is 0.460 e. The van der Waals surface area contributed by atoms with E-state index < -0.39 is 0 Å². The summed E-state index contributed by atoms with van der Waals surface area (Å²) in [7, 11) is 0. The normalized spacial score (nSPS) is 10.9. The number of halogens is 2. The molecule has 4 heteroatoms. The number of benzene rings is 2. The van der Waals surface area contributed by atoms with Crippen LogP contribution in [0.1, 0.15) is 11.3 Å². The standard InChI is InChI=1S/C19H17ClFNO/c20-16-3-1-2-15(12-16)19-9-8-18(23-19)13-22-11-10-14-4-6-17(21)7-5-14/h1-9,12,22H,10-11,13H2. The second-order valence-electron chi connectivity index (χ2n) is 5.33. The van der Waals surface area contributed by atoms with Crippen molar-refractivity contribution in [2.45, 2.75) is 13.0 Å². The van der Waals surface area contributed by atoms with E-state index in [1.165, 1.54) is 12.1 Å². The van der Waals surface area contributed by atoms with Crippen LogP contribution in [0.15, 0.2) is 65.1 Å². The van der Waals surface area contributed by atoms with Gasteiger partial charge in [0.15, 0.2) is 0 Å². The maximum Gasteiger partial charge on any atom is 0.134 e. The van der Waals surface area contributed by atoms with Crippen molar-refractivity contribution in [3.05, 3.63) is 82.8 Å². The van der Waals surface area contributed by atoms with Gasteiger partial charge in [-0.3, -0.25) is 0 Å². The molecule has 23 heavy (non-hydrogen) atoms. The molecule has 118 valence electrons. The van der Waals surface area contributed by atoms with Crippen molar-refractivity contribution >= 4 is 11.6 Å². The molecule has 1 heterocycles. The van der Waals surface area contributed by atoms with Crippen molar-refractivity contribution in [1.82, 2.24) is 5.32 Å². The van der Waals surface area contributed by atoms with Gasteiger partial charge in [-0.25, -0.2) is 4.39 Å². The van der Waals surface area contributed by atoms with E-state index in [0.717, 1.165) is 35.6 Å². The summed E-state index contributed by atoms with van der Waals surface area (Å²) in [5.41, 5.74) is 2.08.